The maximum Gasteiger partial charge on any atom is 0.0991 e. The molecular weight excluding hydrogens is 593 g/mol. The third-order valence-electron chi connectivity index (χ3n) is 10.1. The van der Waals surface area contributed by atoms with E-state index in [0.29, 0.717) is 11.1 Å². The van der Waals surface area contributed by atoms with Crippen LogP contribution in [-0.2, 0) is 16.2 Å². The molecule has 0 bridgehead atoms. The highest BCUT2D eigenvalue weighted by Gasteiger charge is 2.47. The molecule has 238 valence electrons. The Bertz CT molecular complexity index is 2240. The van der Waals surface area contributed by atoms with Gasteiger partial charge >= 0.3 is 0 Å². The van der Waals surface area contributed by atoms with Crippen molar-refractivity contribution in [1.82, 2.24) is 0 Å². The fraction of sp³-hybridized carbons (Fsp3) is 0.191. The molecule has 0 radical (unpaired) electrons. The predicted octanol–water partition coefficient (Wildman–Crippen LogP) is 11.7. The van der Waals surface area contributed by atoms with Gasteiger partial charge in [-0.15, -0.1) is 0 Å². The molecule has 0 saturated heterocycles. The molecule has 0 aromatic heterocycles. The summed E-state index contributed by atoms with van der Waals surface area (Å²) in [6.07, 6.45) is 0. The number of hydrogen-bond acceptors (Lipinski definition) is 2. The molecule has 0 amide bonds. The Kier molecular flexibility index (Phi) is 7.66. The van der Waals surface area contributed by atoms with Gasteiger partial charge in [0.25, 0.3) is 0 Å². The Morgan fingerprint density at radius 2 is 0.980 bits per heavy atom. The van der Waals surface area contributed by atoms with Crippen molar-refractivity contribution in [3.63, 3.8) is 0 Å². The molecule has 0 aliphatic heterocycles. The molecule has 7 rings (SSSR count). The van der Waals surface area contributed by atoms with E-state index in [1.54, 1.807) is 0 Å². The number of benzene rings is 6. The maximum absolute atomic E-state index is 10.6. The Labute approximate surface area is 291 Å². The molecule has 0 heterocycles. The zero-order chi connectivity index (χ0) is 34.6. The first-order valence-corrected chi connectivity index (χ1v) is 17.0. The Balaban J connectivity index is 1.63. The summed E-state index contributed by atoms with van der Waals surface area (Å²) in [4.78, 5) is 0. The number of rotatable bonds is 4. The van der Waals surface area contributed by atoms with Crippen molar-refractivity contribution < 1.29 is 0 Å². The second-order valence-corrected chi connectivity index (χ2v) is 15.3. The SMILES string of the molecule is CC(C)(C)c1ccc(-c2cc(C#N)ccc2-c2cc(C#N)cc3c2-c2ccc(C(C)(C)C)cc2C3(c2ccccc2)c2ccccc2)cc1. The zero-order valence-electron chi connectivity index (χ0n) is 29.1. The lowest BCUT2D eigenvalue weighted by atomic mass is 9.66. The largest absolute Gasteiger partial charge is 0.192 e. The van der Waals surface area contributed by atoms with Gasteiger partial charge in [0.2, 0.25) is 0 Å². The fourth-order valence-corrected chi connectivity index (χ4v) is 7.59. The number of nitrogens with zero attached hydrogens (tertiary/aromatic N) is 2. The van der Waals surface area contributed by atoms with Crippen molar-refractivity contribution in [2.45, 2.75) is 57.8 Å². The van der Waals surface area contributed by atoms with Crippen LogP contribution in [0.15, 0.2) is 133 Å². The zero-order valence-corrected chi connectivity index (χ0v) is 29.1. The van der Waals surface area contributed by atoms with Crippen molar-refractivity contribution in [3.05, 3.63) is 178 Å². The normalized spacial score (nSPS) is 13.2. The van der Waals surface area contributed by atoms with Gasteiger partial charge in [-0.2, -0.15) is 10.5 Å². The van der Waals surface area contributed by atoms with Crippen LogP contribution in [0.4, 0.5) is 0 Å². The Hall–Kier alpha value is -5.70. The van der Waals surface area contributed by atoms with Crippen LogP contribution in [0, 0.1) is 22.7 Å². The van der Waals surface area contributed by atoms with E-state index in [4.69, 9.17) is 0 Å². The highest BCUT2D eigenvalue weighted by Crippen LogP contribution is 2.59. The predicted molar refractivity (Wildman–Crippen MR) is 201 cm³/mol. The summed E-state index contributed by atoms with van der Waals surface area (Å²) in [5.74, 6) is 0. The minimum absolute atomic E-state index is 0.0195. The summed E-state index contributed by atoms with van der Waals surface area (Å²) in [6, 6.07) is 52.1. The van der Waals surface area contributed by atoms with Gasteiger partial charge in [-0.3, -0.25) is 0 Å². The molecule has 0 spiro atoms. The first-order valence-electron chi connectivity index (χ1n) is 17.0. The molecular formula is C47H40N2. The number of nitriles is 2. The van der Waals surface area contributed by atoms with Crippen LogP contribution in [-0.4, -0.2) is 0 Å². The third-order valence-corrected chi connectivity index (χ3v) is 10.1. The van der Waals surface area contributed by atoms with Gasteiger partial charge < -0.3 is 0 Å². The first-order chi connectivity index (χ1) is 23.5. The topological polar surface area (TPSA) is 47.6 Å². The fourth-order valence-electron chi connectivity index (χ4n) is 7.59. The number of fused-ring (bicyclic) bond motifs is 3. The van der Waals surface area contributed by atoms with Crippen molar-refractivity contribution in [3.8, 4) is 45.5 Å². The monoisotopic (exact) mass is 632 g/mol. The molecule has 2 heteroatoms. The van der Waals surface area contributed by atoms with E-state index in [1.165, 1.54) is 16.7 Å². The quantitative estimate of drug-likeness (QED) is 0.194. The second kappa shape index (κ2) is 11.8. The third kappa shape index (κ3) is 5.26. The van der Waals surface area contributed by atoms with Crippen molar-refractivity contribution in [2.24, 2.45) is 0 Å². The minimum atomic E-state index is -0.656. The molecule has 1 aliphatic carbocycles. The lowest BCUT2D eigenvalue weighted by Gasteiger charge is -2.35. The Morgan fingerprint density at radius 3 is 1.53 bits per heavy atom. The summed E-state index contributed by atoms with van der Waals surface area (Å²) >= 11 is 0. The van der Waals surface area contributed by atoms with Crippen LogP contribution in [0.25, 0.3) is 33.4 Å². The number of hydrogen-bond donors (Lipinski definition) is 0. The van der Waals surface area contributed by atoms with Crippen LogP contribution in [0.2, 0.25) is 0 Å². The minimum Gasteiger partial charge on any atom is -0.192 e. The van der Waals surface area contributed by atoms with Gasteiger partial charge in [-0.25, -0.2) is 0 Å². The summed E-state index contributed by atoms with van der Waals surface area (Å²) in [6.45, 7) is 13.4. The second-order valence-electron chi connectivity index (χ2n) is 15.3. The van der Waals surface area contributed by atoms with Crippen molar-refractivity contribution >= 4 is 0 Å². The maximum atomic E-state index is 10.6. The molecule has 2 nitrogen and oxygen atoms in total. The van der Waals surface area contributed by atoms with E-state index in [9.17, 15) is 10.5 Å². The lowest BCUT2D eigenvalue weighted by Crippen LogP contribution is -2.29. The average molecular weight is 633 g/mol. The molecule has 6 aromatic carbocycles. The van der Waals surface area contributed by atoms with Gasteiger partial charge in [0.15, 0.2) is 0 Å². The standard InChI is InChI=1S/C47H40N2/c1-45(2,3)34-20-18-33(19-21-34)40-25-31(29-48)17-23-38(40)41-26-32(30-49)27-43-44(41)39-24-22-37(46(4,5)6)28-42(39)47(43,35-13-9-7-10-14-35)36-15-11-8-12-16-36/h7-28H,1-6H3. The van der Waals surface area contributed by atoms with Crippen LogP contribution in [0.1, 0.15) is 86.1 Å². The molecule has 0 N–H and O–H groups in total. The van der Waals surface area contributed by atoms with E-state index in [2.05, 4.69) is 169 Å². The smallest absolute Gasteiger partial charge is 0.0991 e. The van der Waals surface area contributed by atoms with Gasteiger partial charge in [0.05, 0.1) is 28.7 Å². The van der Waals surface area contributed by atoms with Gasteiger partial charge in [-0.1, -0.05) is 151 Å². The first kappa shape index (κ1) is 31.9. The van der Waals surface area contributed by atoms with Gasteiger partial charge in [0.1, 0.15) is 0 Å². The van der Waals surface area contributed by atoms with Gasteiger partial charge in [0, 0.05) is 0 Å². The Morgan fingerprint density at radius 1 is 0.449 bits per heavy atom. The average Bonchev–Trinajstić information content (AvgIpc) is 3.41. The van der Waals surface area contributed by atoms with Gasteiger partial charge in [-0.05, 0) is 102 Å². The summed E-state index contributed by atoms with van der Waals surface area (Å²) in [5, 5.41) is 20.6. The van der Waals surface area contributed by atoms with E-state index < -0.39 is 5.41 Å². The lowest BCUT2D eigenvalue weighted by molar-refractivity contribution is 0.588. The van der Waals surface area contributed by atoms with Crippen LogP contribution in [0.3, 0.4) is 0 Å². The summed E-state index contributed by atoms with van der Waals surface area (Å²) < 4.78 is 0. The van der Waals surface area contributed by atoms with Crippen LogP contribution in [0.5, 0.6) is 0 Å². The van der Waals surface area contributed by atoms with E-state index in [-0.39, 0.29) is 10.8 Å². The van der Waals surface area contributed by atoms with E-state index >= 15 is 0 Å². The summed E-state index contributed by atoms with van der Waals surface area (Å²) in [7, 11) is 0. The molecule has 0 saturated carbocycles. The van der Waals surface area contributed by atoms with E-state index in [0.717, 1.165) is 50.1 Å². The van der Waals surface area contributed by atoms with Crippen LogP contribution >= 0.6 is 0 Å². The molecule has 0 fully saturated rings. The molecule has 6 aromatic rings. The highest BCUT2D eigenvalue weighted by atomic mass is 14.5. The highest BCUT2D eigenvalue weighted by molar-refractivity contribution is 5.99. The summed E-state index contributed by atoms with van der Waals surface area (Å²) in [5.41, 5.74) is 13.9. The molecule has 0 unspecified atom stereocenters. The van der Waals surface area contributed by atoms with Crippen molar-refractivity contribution in [1.29, 1.82) is 10.5 Å². The van der Waals surface area contributed by atoms with Crippen molar-refractivity contribution in [2.75, 3.05) is 0 Å². The molecule has 49 heavy (non-hydrogen) atoms. The van der Waals surface area contributed by atoms with Crippen LogP contribution < -0.4 is 0 Å². The molecule has 1 aliphatic rings. The molecule has 0 atom stereocenters. The van der Waals surface area contributed by atoms with E-state index in [1.807, 2.05) is 18.2 Å².